The molecule has 152 valence electrons. The number of hydrogen-bond acceptors (Lipinski definition) is 0. The fraction of sp³-hybridized carbons (Fsp3) is 0.448. The van der Waals surface area contributed by atoms with Crippen molar-refractivity contribution < 1.29 is 0 Å². The van der Waals surface area contributed by atoms with Gasteiger partial charge in [0.1, 0.15) is 0 Å². The van der Waals surface area contributed by atoms with Crippen molar-refractivity contribution in [3.05, 3.63) is 80.9 Å². The maximum absolute atomic E-state index is 2.42. The molecule has 2 aliphatic carbocycles. The van der Waals surface area contributed by atoms with Crippen LogP contribution in [0.15, 0.2) is 47.5 Å². The zero-order chi connectivity index (χ0) is 20.7. The Balaban J connectivity index is 1.99. The summed E-state index contributed by atoms with van der Waals surface area (Å²) in [6, 6.07) is 14.0. The van der Waals surface area contributed by atoms with Crippen LogP contribution in [0.2, 0.25) is 0 Å². The normalized spacial score (nSPS) is 21.7. The molecule has 1 saturated carbocycles. The van der Waals surface area contributed by atoms with Crippen LogP contribution in [-0.2, 0) is 6.42 Å². The molecular weight excluding hydrogens is 348 g/mol. The summed E-state index contributed by atoms with van der Waals surface area (Å²) in [5.41, 5.74) is 15.2. The van der Waals surface area contributed by atoms with Crippen LogP contribution in [0.25, 0.3) is 11.1 Å². The van der Waals surface area contributed by atoms with Crippen molar-refractivity contribution in [1.82, 2.24) is 0 Å². The fourth-order valence-corrected chi connectivity index (χ4v) is 5.28. The summed E-state index contributed by atoms with van der Waals surface area (Å²) < 4.78 is 0. The summed E-state index contributed by atoms with van der Waals surface area (Å²) in [6.07, 6.45) is 6.13. The Hall–Kier alpha value is -2.08. The smallest absolute Gasteiger partial charge is 0.0108 e. The van der Waals surface area contributed by atoms with E-state index >= 15 is 0 Å². The molecule has 2 aliphatic rings. The standard InChI is InChI=1S/C29H36/c1-7-19(4)28(27-17-22(27)8-2)29-25(23-12-9-18(3)10-13-23)16-15-24-21(6)20(5)11-14-26(24)29/h9-14,22,27H,7-8,15-17H2,1-6H3/b28-19-. The van der Waals surface area contributed by atoms with E-state index in [-0.39, 0.29) is 0 Å². The first-order chi connectivity index (χ1) is 14.0. The molecule has 0 saturated heterocycles. The van der Waals surface area contributed by atoms with Gasteiger partial charge in [0.05, 0.1) is 0 Å². The molecule has 0 aliphatic heterocycles. The van der Waals surface area contributed by atoms with E-state index in [2.05, 4.69) is 77.9 Å². The van der Waals surface area contributed by atoms with E-state index in [1.807, 2.05) is 0 Å². The Bertz CT molecular complexity index is 981. The number of fused-ring (bicyclic) bond motifs is 1. The van der Waals surface area contributed by atoms with E-state index in [4.69, 9.17) is 0 Å². The molecule has 2 atom stereocenters. The van der Waals surface area contributed by atoms with Crippen LogP contribution in [0.1, 0.15) is 79.8 Å². The average Bonchev–Trinajstić information content (AvgIpc) is 3.51. The van der Waals surface area contributed by atoms with Gasteiger partial charge in [-0.25, -0.2) is 0 Å². The van der Waals surface area contributed by atoms with Crippen LogP contribution >= 0.6 is 0 Å². The van der Waals surface area contributed by atoms with Crippen LogP contribution in [-0.4, -0.2) is 0 Å². The SMILES string of the molecule is CC/C(C)=C(\C1=C(c2ccc(C)cc2)CCc2c1ccc(C)c2C)C1CC1CC. The highest BCUT2D eigenvalue weighted by molar-refractivity contribution is 6.01. The van der Waals surface area contributed by atoms with Gasteiger partial charge in [0.15, 0.2) is 0 Å². The Morgan fingerprint density at radius 3 is 2.28 bits per heavy atom. The van der Waals surface area contributed by atoms with Gasteiger partial charge in [-0.15, -0.1) is 0 Å². The number of allylic oxidation sites excluding steroid dienone is 4. The van der Waals surface area contributed by atoms with Gasteiger partial charge in [-0.2, -0.15) is 0 Å². The minimum Gasteiger partial charge on any atom is -0.0695 e. The second-order valence-corrected chi connectivity index (χ2v) is 9.31. The third kappa shape index (κ3) is 3.63. The molecule has 0 radical (unpaired) electrons. The predicted octanol–water partition coefficient (Wildman–Crippen LogP) is 8.24. The third-order valence-corrected chi connectivity index (χ3v) is 7.54. The van der Waals surface area contributed by atoms with Gasteiger partial charge in [-0.05, 0) is 110 Å². The maximum atomic E-state index is 2.42. The summed E-state index contributed by atoms with van der Waals surface area (Å²) in [5, 5.41) is 0. The van der Waals surface area contributed by atoms with Crippen molar-refractivity contribution >= 4 is 11.1 Å². The Labute approximate surface area is 177 Å². The zero-order valence-corrected chi connectivity index (χ0v) is 19.2. The van der Waals surface area contributed by atoms with Crippen LogP contribution in [0.5, 0.6) is 0 Å². The lowest BCUT2D eigenvalue weighted by atomic mass is 9.75. The van der Waals surface area contributed by atoms with E-state index in [1.54, 1.807) is 27.9 Å². The molecule has 0 heteroatoms. The molecule has 0 N–H and O–H groups in total. The first-order valence-corrected chi connectivity index (χ1v) is 11.6. The Kier molecular flexibility index (Phi) is 5.56. The first-order valence-electron chi connectivity index (χ1n) is 11.6. The van der Waals surface area contributed by atoms with E-state index < -0.39 is 0 Å². The summed E-state index contributed by atoms with van der Waals surface area (Å²) in [6.45, 7) is 13.8. The highest BCUT2D eigenvalue weighted by atomic mass is 14.5. The Morgan fingerprint density at radius 2 is 1.66 bits per heavy atom. The van der Waals surface area contributed by atoms with Gasteiger partial charge in [-0.1, -0.05) is 67.8 Å². The molecule has 0 aromatic heterocycles. The van der Waals surface area contributed by atoms with Crippen LogP contribution in [0.3, 0.4) is 0 Å². The molecule has 0 bridgehead atoms. The number of benzene rings is 2. The topological polar surface area (TPSA) is 0 Å². The molecule has 2 aromatic carbocycles. The van der Waals surface area contributed by atoms with Crippen molar-refractivity contribution in [3.63, 3.8) is 0 Å². The van der Waals surface area contributed by atoms with Gasteiger partial charge in [0.25, 0.3) is 0 Å². The second kappa shape index (κ2) is 7.98. The van der Waals surface area contributed by atoms with E-state index in [0.717, 1.165) is 31.1 Å². The summed E-state index contributed by atoms with van der Waals surface area (Å²) >= 11 is 0. The highest BCUT2D eigenvalue weighted by Gasteiger charge is 2.41. The van der Waals surface area contributed by atoms with E-state index in [9.17, 15) is 0 Å². The predicted molar refractivity (Wildman–Crippen MR) is 127 cm³/mol. The summed E-state index contributed by atoms with van der Waals surface area (Å²) in [5.74, 6) is 1.62. The average molecular weight is 385 g/mol. The zero-order valence-electron chi connectivity index (χ0n) is 19.2. The molecule has 0 nitrogen and oxygen atoms in total. The van der Waals surface area contributed by atoms with Crippen LogP contribution in [0.4, 0.5) is 0 Å². The minimum absolute atomic E-state index is 0.753. The largest absolute Gasteiger partial charge is 0.0695 e. The molecule has 2 aromatic rings. The van der Waals surface area contributed by atoms with Gasteiger partial charge in [0.2, 0.25) is 0 Å². The van der Waals surface area contributed by atoms with E-state index in [0.29, 0.717) is 0 Å². The Morgan fingerprint density at radius 1 is 0.931 bits per heavy atom. The molecule has 29 heavy (non-hydrogen) atoms. The van der Waals surface area contributed by atoms with Crippen molar-refractivity contribution in [2.75, 3.05) is 0 Å². The lowest BCUT2D eigenvalue weighted by molar-refractivity contribution is 0.739. The first kappa shape index (κ1) is 20.2. The quantitative estimate of drug-likeness (QED) is 0.487. The van der Waals surface area contributed by atoms with Gasteiger partial charge >= 0.3 is 0 Å². The second-order valence-electron chi connectivity index (χ2n) is 9.31. The molecular formula is C29H36. The summed E-state index contributed by atoms with van der Waals surface area (Å²) in [4.78, 5) is 0. The molecule has 0 heterocycles. The van der Waals surface area contributed by atoms with Gasteiger partial charge in [0, 0.05) is 0 Å². The number of rotatable bonds is 5. The van der Waals surface area contributed by atoms with Crippen molar-refractivity contribution in [1.29, 1.82) is 0 Å². The number of hydrogen-bond donors (Lipinski definition) is 0. The van der Waals surface area contributed by atoms with Gasteiger partial charge in [-0.3, -0.25) is 0 Å². The molecule has 4 rings (SSSR count). The molecule has 2 unspecified atom stereocenters. The summed E-state index contributed by atoms with van der Waals surface area (Å²) in [7, 11) is 0. The monoisotopic (exact) mass is 384 g/mol. The lowest BCUT2D eigenvalue weighted by Gasteiger charge is -2.29. The van der Waals surface area contributed by atoms with Crippen molar-refractivity contribution in [2.45, 2.75) is 73.6 Å². The van der Waals surface area contributed by atoms with Crippen LogP contribution < -0.4 is 0 Å². The van der Waals surface area contributed by atoms with Crippen molar-refractivity contribution in [3.8, 4) is 0 Å². The van der Waals surface area contributed by atoms with E-state index in [1.165, 1.54) is 40.7 Å². The number of aryl methyl sites for hydroxylation is 2. The minimum atomic E-state index is 0.753. The third-order valence-electron chi connectivity index (χ3n) is 7.54. The molecule has 0 spiro atoms. The maximum Gasteiger partial charge on any atom is -0.0108 e. The highest BCUT2D eigenvalue weighted by Crippen LogP contribution is 2.55. The van der Waals surface area contributed by atoms with Gasteiger partial charge < -0.3 is 0 Å². The van der Waals surface area contributed by atoms with Crippen molar-refractivity contribution in [2.24, 2.45) is 11.8 Å². The molecule has 1 fully saturated rings. The lowest BCUT2D eigenvalue weighted by Crippen LogP contribution is -2.11. The fourth-order valence-electron chi connectivity index (χ4n) is 5.28. The molecule has 0 amide bonds. The van der Waals surface area contributed by atoms with Crippen LogP contribution in [0, 0.1) is 32.6 Å².